The summed E-state index contributed by atoms with van der Waals surface area (Å²) in [6.45, 7) is 19.0. The van der Waals surface area contributed by atoms with Gasteiger partial charge in [-0.2, -0.15) is 0 Å². The van der Waals surface area contributed by atoms with E-state index in [0.717, 1.165) is 17.6 Å². The average Bonchev–Trinajstić information content (AvgIpc) is 2.95. The highest BCUT2D eigenvalue weighted by atomic mass is 16.7. The van der Waals surface area contributed by atoms with Crippen LogP contribution in [0.25, 0.3) is 4.85 Å². The van der Waals surface area contributed by atoms with Gasteiger partial charge in [0.15, 0.2) is 5.69 Å². The SMILES string of the molecule is CCC[N+]#Cc1cc(B2OC(C)(C)C(C)(C)O2)c(NB2OC(C)(C)C(C)(C)O2)cn1. The van der Waals surface area contributed by atoms with Gasteiger partial charge in [-0.1, -0.05) is 11.8 Å². The molecule has 2 aliphatic rings. The van der Waals surface area contributed by atoms with Gasteiger partial charge in [0.2, 0.25) is 0 Å². The maximum atomic E-state index is 6.29. The third-order valence-electron chi connectivity index (χ3n) is 6.50. The second-order valence-corrected chi connectivity index (χ2v) is 9.97. The molecule has 0 aliphatic carbocycles. The molecule has 0 unspecified atom stereocenters. The second-order valence-electron chi connectivity index (χ2n) is 9.97. The van der Waals surface area contributed by atoms with Gasteiger partial charge in [-0.3, -0.25) is 0 Å². The minimum atomic E-state index is -0.610. The lowest BCUT2D eigenvalue weighted by molar-refractivity contribution is 0.00578. The van der Waals surface area contributed by atoms with Crippen molar-refractivity contribution in [3.8, 4) is 6.07 Å². The molecule has 2 fully saturated rings. The van der Waals surface area contributed by atoms with E-state index in [0.29, 0.717) is 12.2 Å². The van der Waals surface area contributed by atoms with E-state index in [1.165, 1.54) is 0 Å². The van der Waals surface area contributed by atoms with Crippen molar-refractivity contribution >= 4 is 25.5 Å². The molecule has 3 rings (SSSR count). The lowest BCUT2D eigenvalue weighted by Gasteiger charge is -2.32. The Bertz CT molecular complexity index is 830. The zero-order chi connectivity index (χ0) is 22.4. The number of aromatic nitrogens is 1. The molecular weight excluding hydrogens is 380 g/mol. The number of rotatable bonds is 4. The molecule has 0 spiro atoms. The number of pyridine rings is 1. The van der Waals surface area contributed by atoms with Crippen LogP contribution in [0.2, 0.25) is 0 Å². The Hall–Kier alpha value is -1.59. The van der Waals surface area contributed by atoms with Crippen molar-refractivity contribution in [1.29, 1.82) is 0 Å². The van der Waals surface area contributed by atoms with Crippen LogP contribution in [-0.4, -0.2) is 48.3 Å². The van der Waals surface area contributed by atoms with Crippen LogP contribution in [0.3, 0.4) is 0 Å². The van der Waals surface area contributed by atoms with Crippen LogP contribution < -0.4 is 10.7 Å². The highest BCUT2D eigenvalue weighted by molar-refractivity contribution is 6.65. The van der Waals surface area contributed by atoms with E-state index < -0.39 is 36.8 Å². The molecular formula is C21H34B2N3O4+. The Morgan fingerprint density at radius 1 is 0.933 bits per heavy atom. The van der Waals surface area contributed by atoms with E-state index >= 15 is 0 Å². The summed E-state index contributed by atoms with van der Waals surface area (Å²) in [6.07, 6.45) is 2.69. The molecule has 0 bridgehead atoms. The predicted octanol–water partition coefficient (Wildman–Crippen LogP) is 3.47. The molecule has 7 nitrogen and oxygen atoms in total. The maximum Gasteiger partial charge on any atom is 0.591 e. The minimum Gasteiger partial charge on any atom is -0.399 e. The van der Waals surface area contributed by atoms with Gasteiger partial charge in [0, 0.05) is 17.6 Å². The first-order valence-corrected chi connectivity index (χ1v) is 10.7. The third kappa shape index (κ3) is 4.38. The molecule has 2 aliphatic heterocycles. The van der Waals surface area contributed by atoms with Gasteiger partial charge in [0.1, 0.15) is 0 Å². The van der Waals surface area contributed by atoms with Gasteiger partial charge in [-0.25, -0.2) is 4.98 Å². The summed E-state index contributed by atoms with van der Waals surface area (Å²) in [5, 5.41) is 3.32. The zero-order valence-electron chi connectivity index (χ0n) is 19.8. The average molecular weight is 414 g/mol. The number of hydrogen-bond acceptors (Lipinski definition) is 6. The molecule has 0 saturated carbocycles. The van der Waals surface area contributed by atoms with Crippen molar-refractivity contribution in [2.24, 2.45) is 0 Å². The van der Waals surface area contributed by atoms with Crippen molar-refractivity contribution in [2.75, 3.05) is 11.8 Å². The number of hydrogen-bond donors (Lipinski definition) is 1. The lowest BCUT2D eigenvalue weighted by Crippen LogP contribution is -2.41. The standard InChI is InChI=1S/C21H33B2N3O4/c1-10-11-24-13-15-12-16(22-27-18(2,3)19(4,5)28-22)17(14-25-15)26-23-29-20(6,7)21(8,9)30-23/h12,14H,10-11H2,1-9H3/p+1. The van der Waals surface area contributed by atoms with Gasteiger partial charge in [-0.15, -0.1) is 0 Å². The van der Waals surface area contributed by atoms with Crippen LogP contribution in [0.4, 0.5) is 5.69 Å². The molecule has 1 N–H and O–H groups in total. The first kappa shape index (κ1) is 23.1. The number of nitrogens with one attached hydrogen (secondary N) is 1. The smallest absolute Gasteiger partial charge is 0.399 e. The Labute approximate surface area is 181 Å². The van der Waals surface area contributed by atoms with Gasteiger partial charge in [0.05, 0.1) is 28.6 Å². The molecule has 30 heavy (non-hydrogen) atoms. The molecule has 162 valence electrons. The number of nitrogens with zero attached hydrogens (tertiary/aromatic N) is 2. The van der Waals surface area contributed by atoms with Crippen LogP contribution in [0, 0.1) is 6.07 Å². The molecule has 1 aromatic rings. The highest BCUT2D eigenvalue weighted by Gasteiger charge is 2.54. The predicted molar refractivity (Wildman–Crippen MR) is 121 cm³/mol. The van der Waals surface area contributed by atoms with Gasteiger partial charge < -0.3 is 23.8 Å². The second kappa shape index (κ2) is 7.83. The summed E-state index contributed by atoms with van der Waals surface area (Å²) in [5.41, 5.74) is 0.380. The van der Waals surface area contributed by atoms with E-state index in [1.807, 2.05) is 61.5 Å². The molecule has 0 aromatic carbocycles. The fourth-order valence-electron chi connectivity index (χ4n) is 3.10. The summed E-state index contributed by atoms with van der Waals surface area (Å²) in [6, 6.07) is 4.91. The monoisotopic (exact) mass is 414 g/mol. The van der Waals surface area contributed by atoms with Crippen molar-refractivity contribution in [3.05, 3.63) is 22.8 Å². The van der Waals surface area contributed by atoms with Crippen molar-refractivity contribution in [3.63, 3.8) is 0 Å². The summed E-state index contributed by atoms with van der Waals surface area (Å²) < 4.78 is 24.8. The minimum absolute atomic E-state index is 0.441. The van der Waals surface area contributed by atoms with Crippen molar-refractivity contribution in [1.82, 2.24) is 4.98 Å². The highest BCUT2D eigenvalue weighted by Crippen LogP contribution is 2.38. The summed E-state index contributed by atoms with van der Waals surface area (Å²) in [7, 11) is -1.17. The molecule has 3 heterocycles. The van der Waals surface area contributed by atoms with Gasteiger partial charge >= 0.3 is 20.4 Å². The first-order chi connectivity index (χ1) is 13.8. The van der Waals surface area contributed by atoms with Crippen molar-refractivity contribution in [2.45, 2.75) is 91.1 Å². The molecule has 9 heteroatoms. The molecule has 2 saturated heterocycles. The molecule has 0 amide bonds. The largest absolute Gasteiger partial charge is 0.591 e. The summed E-state index contributed by atoms with van der Waals surface area (Å²) in [4.78, 5) is 8.77. The summed E-state index contributed by atoms with van der Waals surface area (Å²) in [5.74, 6) is 0. The maximum absolute atomic E-state index is 6.29. The molecule has 0 atom stereocenters. The Morgan fingerprint density at radius 3 is 2.00 bits per heavy atom. The molecule has 0 radical (unpaired) electrons. The quantitative estimate of drug-likeness (QED) is 0.762. The van der Waals surface area contributed by atoms with E-state index in [4.69, 9.17) is 18.6 Å². The van der Waals surface area contributed by atoms with Crippen LogP contribution in [0.15, 0.2) is 12.3 Å². The first-order valence-electron chi connectivity index (χ1n) is 10.7. The van der Waals surface area contributed by atoms with Gasteiger partial charge in [-0.05, 0) is 61.5 Å². The Kier molecular flexibility index (Phi) is 6.02. The fourth-order valence-corrected chi connectivity index (χ4v) is 3.10. The van der Waals surface area contributed by atoms with E-state index in [-0.39, 0.29) is 0 Å². The molecule has 1 aromatic heterocycles. The Balaban J connectivity index is 1.93. The van der Waals surface area contributed by atoms with Crippen molar-refractivity contribution < 1.29 is 18.6 Å². The van der Waals surface area contributed by atoms with Crippen LogP contribution in [-0.2, 0) is 18.6 Å². The Morgan fingerprint density at radius 2 is 1.47 bits per heavy atom. The van der Waals surface area contributed by atoms with E-state index in [2.05, 4.69) is 28.0 Å². The third-order valence-corrected chi connectivity index (χ3v) is 6.50. The zero-order valence-corrected chi connectivity index (χ0v) is 19.8. The van der Waals surface area contributed by atoms with Gasteiger partial charge in [0.25, 0.3) is 6.54 Å². The lowest BCUT2D eigenvalue weighted by atomic mass is 9.77. The van der Waals surface area contributed by atoms with E-state index in [1.54, 1.807) is 6.20 Å². The normalized spacial score (nSPS) is 23.2. The van der Waals surface area contributed by atoms with Crippen LogP contribution >= 0.6 is 0 Å². The topological polar surface area (TPSA) is 66.2 Å². The summed E-state index contributed by atoms with van der Waals surface area (Å²) >= 11 is 0. The van der Waals surface area contributed by atoms with Crippen LogP contribution in [0.1, 0.15) is 74.4 Å². The number of anilines is 1. The fraction of sp³-hybridized carbons (Fsp3) is 0.714. The van der Waals surface area contributed by atoms with E-state index in [9.17, 15) is 0 Å². The van der Waals surface area contributed by atoms with Crippen LogP contribution in [0.5, 0.6) is 0 Å².